The highest BCUT2D eigenvalue weighted by Gasteiger charge is 2.53. The lowest BCUT2D eigenvalue weighted by atomic mass is 9.76. The van der Waals surface area contributed by atoms with Gasteiger partial charge in [0.25, 0.3) is 0 Å². The van der Waals surface area contributed by atoms with Crippen LogP contribution in [-0.2, 0) is 16.1 Å². The molecule has 6 heteroatoms. The summed E-state index contributed by atoms with van der Waals surface area (Å²) in [5.74, 6) is 0.121. The van der Waals surface area contributed by atoms with Crippen molar-refractivity contribution < 1.29 is 19.4 Å². The molecule has 2 fully saturated rings. The number of rotatable bonds is 6. The Bertz CT molecular complexity index is 609. The zero-order valence-electron chi connectivity index (χ0n) is 14.0. The van der Waals surface area contributed by atoms with E-state index in [1.54, 1.807) is 0 Å². The molecule has 3 rings (SSSR count). The van der Waals surface area contributed by atoms with Crippen LogP contribution in [0.1, 0.15) is 25.3 Å². The van der Waals surface area contributed by atoms with Crippen molar-refractivity contribution in [3.63, 3.8) is 0 Å². The van der Waals surface area contributed by atoms with Gasteiger partial charge in [0.2, 0.25) is 0 Å². The SMILES string of the molecule is CCCOc1ccc(CN2C[C@@H]3CCOC[C@]3(C(=O)O)C2)cc1Cl. The van der Waals surface area contributed by atoms with E-state index in [1.165, 1.54) is 0 Å². The summed E-state index contributed by atoms with van der Waals surface area (Å²) in [5, 5.41) is 10.3. The van der Waals surface area contributed by atoms with Crippen LogP contribution in [-0.4, -0.2) is 48.9 Å². The molecular formula is C18H24ClNO4. The van der Waals surface area contributed by atoms with Crippen molar-refractivity contribution in [3.05, 3.63) is 28.8 Å². The van der Waals surface area contributed by atoms with Crippen LogP contribution in [0.3, 0.4) is 0 Å². The number of likely N-dealkylation sites (tertiary alicyclic amines) is 1. The molecule has 0 unspecified atom stereocenters. The largest absolute Gasteiger partial charge is 0.492 e. The van der Waals surface area contributed by atoms with Crippen LogP contribution in [0, 0.1) is 11.3 Å². The number of halogens is 1. The molecule has 132 valence electrons. The number of carboxylic acids is 1. The van der Waals surface area contributed by atoms with E-state index in [0.29, 0.717) is 43.7 Å². The normalized spacial score (nSPS) is 27.0. The van der Waals surface area contributed by atoms with E-state index >= 15 is 0 Å². The summed E-state index contributed by atoms with van der Waals surface area (Å²) in [6.45, 7) is 5.68. The van der Waals surface area contributed by atoms with Crippen molar-refractivity contribution in [2.45, 2.75) is 26.3 Å². The number of aliphatic carboxylic acids is 1. The van der Waals surface area contributed by atoms with Gasteiger partial charge in [-0.05, 0) is 36.5 Å². The molecule has 2 heterocycles. The monoisotopic (exact) mass is 353 g/mol. The molecule has 0 aromatic heterocycles. The standard InChI is InChI=1S/C18H24ClNO4/c1-2-6-24-16-4-3-13(8-15(16)19)9-20-10-14-5-7-23-12-18(14,11-20)17(21)22/h3-4,8,14H,2,5-7,9-12H2,1H3,(H,21,22)/t14-,18+/m0/s1. The van der Waals surface area contributed by atoms with E-state index in [4.69, 9.17) is 21.1 Å². The molecule has 2 saturated heterocycles. The number of carbonyl (C=O) groups is 1. The van der Waals surface area contributed by atoms with Gasteiger partial charge in [0.05, 0.1) is 18.2 Å². The highest BCUT2D eigenvalue weighted by Crippen LogP contribution is 2.42. The molecule has 0 bridgehead atoms. The summed E-state index contributed by atoms with van der Waals surface area (Å²) in [7, 11) is 0. The first-order valence-corrected chi connectivity index (χ1v) is 8.87. The van der Waals surface area contributed by atoms with Crippen molar-refractivity contribution >= 4 is 17.6 Å². The highest BCUT2D eigenvalue weighted by molar-refractivity contribution is 6.32. The van der Waals surface area contributed by atoms with Crippen molar-refractivity contribution in [1.29, 1.82) is 0 Å². The molecule has 2 aliphatic heterocycles. The predicted octanol–water partition coefficient (Wildman–Crippen LogP) is 3.05. The van der Waals surface area contributed by atoms with Crippen molar-refractivity contribution in [2.75, 3.05) is 32.9 Å². The maximum atomic E-state index is 11.8. The van der Waals surface area contributed by atoms with E-state index in [0.717, 1.165) is 24.9 Å². The van der Waals surface area contributed by atoms with Crippen LogP contribution in [0.25, 0.3) is 0 Å². The fraction of sp³-hybridized carbons (Fsp3) is 0.611. The van der Waals surface area contributed by atoms with E-state index in [2.05, 4.69) is 11.8 Å². The first-order chi connectivity index (χ1) is 11.5. The van der Waals surface area contributed by atoms with Crippen molar-refractivity contribution in [2.24, 2.45) is 11.3 Å². The minimum Gasteiger partial charge on any atom is -0.492 e. The van der Waals surface area contributed by atoms with Crippen LogP contribution in [0.15, 0.2) is 18.2 Å². The molecule has 0 radical (unpaired) electrons. The average Bonchev–Trinajstić information content (AvgIpc) is 2.93. The summed E-state index contributed by atoms with van der Waals surface area (Å²) in [6, 6.07) is 5.81. The summed E-state index contributed by atoms with van der Waals surface area (Å²) in [5.41, 5.74) is 0.315. The molecule has 0 spiro atoms. The lowest BCUT2D eigenvalue weighted by Gasteiger charge is -2.34. The van der Waals surface area contributed by atoms with Gasteiger partial charge in [-0.1, -0.05) is 24.6 Å². The second-order valence-corrected chi connectivity index (χ2v) is 7.19. The molecule has 1 aromatic carbocycles. The summed E-state index contributed by atoms with van der Waals surface area (Å²) >= 11 is 6.29. The van der Waals surface area contributed by atoms with Gasteiger partial charge in [0.1, 0.15) is 11.2 Å². The van der Waals surface area contributed by atoms with Gasteiger partial charge >= 0.3 is 5.97 Å². The minimum absolute atomic E-state index is 0.159. The average molecular weight is 354 g/mol. The molecule has 1 N–H and O–H groups in total. The second kappa shape index (κ2) is 7.30. The fourth-order valence-electron chi connectivity index (χ4n) is 3.74. The molecular weight excluding hydrogens is 330 g/mol. The quantitative estimate of drug-likeness (QED) is 0.851. The molecule has 0 amide bonds. The lowest BCUT2D eigenvalue weighted by molar-refractivity contribution is -0.159. The number of hydrogen-bond acceptors (Lipinski definition) is 4. The third kappa shape index (κ3) is 3.39. The van der Waals surface area contributed by atoms with E-state index in [1.807, 2.05) is 18.2 Å². The Morgan fingerprint density at radius 1 is 1.54 bits per heavy atom. The topological polar surface area (TPSA) is 59.0 Å². The molecule has 2 aliphatic rings. The molecule has 0 saturated carbocycles. The van der Waals surface area contributed by atoms with Gasteiger partial charge in [-0.25, -0.2) is 0 Å². The third-order valence-electron chi connectivity index (χ3n) is 5.03. The van der Waals surface area contributed by atoms with E-state index in [9.17, 15) is 9.90 Å². The lowest BCUT2D eigenvalue weighted by Crippen LogP contribution is -2.46. The van der Waals surface area contributed by atoms with Crippen LogP contribution < -0.4 is 4.74 Å². The van der Waals surface area contributed by atoms with Crippen LogP contribution in [0.5, 0.6) is 5.75 Å². The number of ether oxygens (including phenoxy) is 2. The van der Waals surface area contributed by atoms with Crippen LogP contribution >= 0.6 is 11.6 Å². The maximum Gasteiger partial charge on any atom is 0.313 e. The number of benzene rings is 1. The van der Waals surface area contributed by atoms with Gasteiger partial charge in [0, 0.05) is 26.2 Å². The van der Waals surface area contributed by atoms with Gasteiger partial charge < -0.3 is 14.6 Å². The fourth-order valence-corrected chi connectivity index (χ4v) is 4.00. The minimum atomic E-state index is -0.758. The third-order valence-corrected chi connectivity index (χ3v) is 5.32. The first kappa shape index (κ1) is 17.5. The van der Waals surface area contributed by atoms with Crippen molar-refractivity contribution in [3.8, 4) is 5.75 Å². The summed E-state index contributed by atoms with van der Waals surface area (Å²) < 4.78 is 11.1. The Morgan fingerprint density at radius 3 is 3.04 bits per heavy atom. The Morgan fingerprint density at radius 2 is 2.38 bits per heavy atom. The number of hydrogen-bond donors (Lipinski definition) is 1. The van der Waals surface area contributed by atoms with E-state index < -0.39 is 11.4 Å². The maximum absolute atomic E-state index is 11.8. The van der Waals surface area contributed by atoms with Crippen LogP contribution in [0.2, 0.25) is 5.02 Å². The van der Waals surface area contributed by atoms with Crippen molar-refractivity contribution in [1.82, 2.24) is 4.90 Å². The molecule has 24 heavy (non-hydrogen) atoms. The van der Waals surface area contributed by atoms with Crippen LogP contribution in [0.4, 0.5) is 0 Å². The number of nitrogens with zero attached hydrogens (tertiary/aromatic N) is 1. The second-order valence-electron chi connectivity index (χ2n) is 6.78. The summed E-state index contributed by atoms with van der Waals surface area (Å²) in [4.78, 5) is 14.0. The molecule has 2 atom stereocenters. The Kier molecular flexibility index (Phi) is 5.33. The Hall–Kier alpha value is -1.30. The molecule has 0 aliphatic carbocycles. The van der Waals surface area contributed by atoms with Gasteiger partial charge in [0.15, 0.2) is 0 Å². The zero-order valence-corrected chi connectivity index (χ0v) is 14.7. The predicted molar refractivity (Wildman–Crippen MR) is 91.5 cm³/mol. The zero-order chi connectivity index (χ0) is 17.2. The first-order valence-electron chi connectivity index (χ1n) is 8.50. The summed E-state index contributed by atoms with van der Waals surface area (Å²) in [6.07, 6.45) is 1.75. The van der Waals surface area contributed by atoms with Gasteiger partial charge in [-0.3, -0.25) is 9.69 Å². The number of fused-ring (bicyclic) bond motifs is 1. The van der Waals surface area contributed by atoms with Gasteiger partial charge in [-0.15, -0.1) is 0 Å². The highest BCUT2D eigenvalue weighted by atomic mass is 35.5. The Balaban J connectivity index is 1.68. The number of carboxylic acid groups (broad SMARTS) is 1. The smallest absolute Gasteiger partial charge is 0.313 e. The molecule has 5 nitrogen and oxygen atoms in total. The molecule has 1 aromatic rings. The Labute approximate surface area is 147 Å². The van der Waals surface area contributed by atoms with Gasteiger partial charge in [-0.2, -0.15) is 0 Å². The van der Waals surface area contributed by atoms with E-state index in [-0.39, 0.29) is 5.92 Å².